The van der Waals surface area contributed by atoms with E-state index in [4.69, 9.17) is 9.05 Å². The Morgan fingerprint density at radius 2 is 0.812 bits per heavy atom. The summed E-state index contributed by atoms with van der Waals surface area (Å²) in [6.07, 6.45) is 66.7. The largest absolute Gasteiger partial charge is 0.756 e. The number of nitrogens with zero attached hydrogens (tertiary/aromatic N) is 1. The molecule has 1 amide bonds. The van der Waals surface area contributed by atoms with Crippen molar-refractivity contribution < 1.29 is 32.9 Å². The predicted octanol–water partition coefficient (Wildman–Crippen LogP) is 17.5. The van der Waals surface area contributed by atoms with Gasteiger partial charge in [0.2, 0.25) is 5.91 Å². The van der Waals surface area contributed by atoms with Gasteiger partial charge in [-0.1, -0.05) is 275 Å². The second kappa shape index (κ2) is 51.6. The van der Waals surface area contributed by atoms with Crippen LogP contribution in [0.3, 0.4) is 0 Å². The van der Waals surface area contributed by atoms with E-state index in [1.165, 1.54) is 225 Å². The van der Waals surface area contributed by atoms with Crippen LogP contribution in [0.15, 0.2) is 36.5 Å². The number of allylic oxidation sites excluding steroid dienone is 5. The van der Waals surface area contributed by atoms with Crippen molar-refractivity contribution in [3.8, 4) is 0 Å². The Bertz CT molecular complexity index is 1220. The molecule has 3 unspecified atom stereocenters. The number of quaternary nitrogens is 1. The van der Waals surface area contributed by atoms with Gasteiger partial charge in [-0.25, -0.2) is 0 Å². The Morgan fingerprint density at radius 3 is 1.17 bits per heavy atom. The van der Waals surface area contributed by atoms with Crippen molar-refractivity contribution in [3.63, 3.8) is 0 Å². The van der Waals surface area contributed by atoms with Crippen LogP contribution in [-0.2, 0) is 18.4 Å². The van der Waals surface area contributed by atoms with E-state index >= 15 is 0 Å². The molecular weight excluding hydrogens is 876 g/mol. The lowest BCUT2D eigenvalue weighted by molar-refractivity contribution is -0.870. The molecule has 9 heteroatoms. The summed E-state index contributed by atoms with van der Waals surface area (Å²) in [7, 11) is 1.25. The van der Waals surface area contributed by atoms with E-state index in [1.54, 1.807) is 6.08 Å². The summed E-state index contributed by atoms with van der Waals surface area (Å²) in [6, 6.07) is -0.908. The van der Waals surface area contributed by atoms with Gasteiger partial charge < -0.3 is 28.8 Å². The molecule has 0 radical (unpaired) electrons. The zero-order valence-corrected chi connectivity index (χ0v) is 47.4. The Hall–Kier alpha value is -1.28. The number of aliphatic hydroxyl groups excluding tert-OH is 1. The maximum Gasteiger partial charge on any atom is 0.268 e. The van der Waals surface area contributed by atoms with Crippen LogP contribution in [0.1, 0.15) is 290 Å². The summed E-state index contributed by atoms with van der Waals surface area (Å²) >= 11 is 0. The fourth-order valence-electron chi connectivity index (χ4n) is 8.89. The van der Waals surface area contributed by atoms with Gasteiger partial charge in [0, 0.05) is 6.42 Å². The van der Waals surface area contributed by atoms with Gasteiger partial charge in [0.25, 0.3) is 7.82 Å². The molecule has 2 N–H and O–H groups in total. The molecule has 0 aromatic carbocycles. The third-order valence-electron chi connectivity index (χ3n) is 13.6. The van der Waals surface area contributed by atoms with Crippen LogP contribution in [0, 0.1) is 0 Å². The summed E-state index contributed by atoms with van der Waals surface area (Å²) in [5, 5.41) is 13.9. The number of phosphoric ester groups is 1. The van der Waals surface area contributed by atoms with Crippen LogP contribution >= 0.6 is 7.82 Å². The highest BCUT2D eigenvalue weighted by Gasteiger charge is 2.23. The quantitative estimate of drug-likeness (QED) is 0.0272. The van der Waals surface area contributed by atoms with Crippen molar-refractivity contribution in [2.75, 3.05) is 40.9 Å². The van der Waals surface area contributed by atoms with Gasteiger partial charge in [-0.2, -0.15) is 0 Å². The smallest absolute Gasteiger partial charge is 0.268 e. The number of hydrogen-bond acceptors (Lipinski definition) is 6. The number of nitrogens with one attached hydrogen (secondary N) is 1. The molecule has 0 aliphatic carbocycles. The number of hydrogen-bond donors (Lipinski definition) is 2. The van der Waals surface area contributed by atoms with E-state index in [0.717, 1.165) is 44.9 Å². The first-order valence-electron chi connectivity index (χ1n) is 29.9. The van der Waals surface area contributed by atoms with Crippen molar-refractivity contribution in [1.82, 2.24) is 5.32 Å². The van der Waals surface area contributed by atoms with Crippen molar-refractivity contribution >= 4 is 13.7 Å². The van der Waals surface area contributed by atoms with Gasteiger partial charge in [0.1, 0.15) is 13.2 Å². The molecule has 69 heavy (non-hydrogen) atoms. The molecule has 408 valence electrons. The standard InChI is InChI=1S/C60H117N2O6P/c1-6-8-10-12-14-16-18-20-22-24-26-27-28-29-30-31-32-33-34-35-36-37-39-41-43-45-47-49-51-53-59(63)58(57-68-69(65,66)67-56-55-62(3,4)5)61-60(64)54-52-50-48-46-44-42-40-38-25-23-21-19-17-15-13-11-9-7-2/h36-37,43,45,51,53,58-59,63H,6-35,38-42,44,46-50,52,54-57H2,1-5H3,(H-,61,64,65,66)/b37-36+,45-43+,53-51+. The van der Waals surface area contributed by atoms with Crippen molar-refractivity contribution in [2.45, 2.75) is 302 Å². The van der Waals surface area contributed by atoms with Gasteiger partial charge in [-0.3, -0.25) is 9.36 Å². The molecule has 0 rings (SSSR count). The SMILES string of the molecule is CCCCCCCCCCCCCCCCCCCCC/C=C/CC/C=C/CC/C=C/C(O)C(COP(=O)([O-])OCC[N+](C)(C)C)NC(=O)CCCCCCCCCCCCCCCCCCCC. The van der Waals surface area contributed by atoms with Crippen molar-refractivity contribution in [1.29, 1.82) is 0 Å². The first kappa shape index (κ1) is 67.7. The highest BCUT2D eigenvalue weighted by molar-refractivity contribution is 7.45. The molecule has 0 aliphatic rings. The molecule has 0 aromatic heterocycles. The zero-order chi connectivity index (χ0) is 50.6. The third-order valence-corrected chi connectivity index (χ3v) is 14.5. The van der Waals surface area contributed by atoms with Crippen LogP contribution in [0.25, 0.3) is 0 Å². The highest BCUT2D eigenvalue weighted by Crippen LogP contribution is 2.38. The molecular formula is C60H117N2O6P. The summed E-state index contributed by atoms with van der Waals surface area (Å²) in [6.45, 7) is 4.66. The normalized spacial score (nSPS) is 14.1. The summed E-state index contributed by atoms with van der Waals surface area (Å²) < 4.78 is 23.3. The van der Waals surface area contributed by atoms with Gasteiger partial charge in [-0.15, -0.1) is 0 Å². The fraction of sp³-hybridized carbons (Fsp3) is 0.883. The van der Waals surface area contributed by atoms with Crippen molar-refractivity contribution in [3.05, 3.63) is 36.5 Å². The molecule has 0 heterocycles. The molecule has 0 aliphatic heterocycles. The molecule has 0 spiro atoms. The molecule has 0 fully saturated rings. The van der Waals surface area contributed by atoms with E-state index in [0.29, 0.717) is 17.4 Å². The number of likely N-dealkylation sites (N-methyl/N-ethyl adjacent to an activating group) is 1. The Labute approximate surface area is 429 Å². The maximum atomic E-state index is 12.9. The maximum absolute atomic E-state index is 12.9. The van der Waals surface area contributed by atoms with Crippen LogP contribution in [0.4, 0.5) is 0 Å². The first-order chi connectivity index (χ1) is 33.5. The summed E-state index contributed by atoms with van der Waals surface area (Å²) in [4.78, 5) is 25.5. The lowest BCUT2D eigenvalue weighted by Crippen LogP contribution is -2.45. The number of rotatable bonds is 55. The third kappa shape index (κ3) is 54.3. The number of carbonyl (C=O) groups is 1. The van der Waals surface area contributed by atoms with E-state index in [1.807, 2.05) is 27.2 Å². The molecule has 0 saturated heterocycles. The Morgan fingerprint density at radius 1 is 0.493 bits per heavy atom. The van der Waals surface area contributed by atoms with E-state index in [2.05, 4.69) is 43.5 Å². The monoisotopic (exact) mass is 993 g/mol. The number of amides is 1. The lowest BCUT2D eigenvalue weighted by Gasteiger charge is -2.29. The van der Waals surface area contributed by atoms with E-state index in [-0.39, 0.29) is 12.5 Å². The number of unbranched alkanes of at least 4 members (excludes halogenated alkanes) is 38. The predicted molar refractivity (Wildman–Crippen MR) is 298 cm³/mol. The minimum atomic E-state index is -4.61. The molecule has 3 atom stereocenters. The Kier molecular flexibility index (Phi) is 50.7. The van der Waals surface area contributed by atoms with Crippen LogP contribution in [-0.4, -0.2) is 68.5 Å². The van der Waals surface area contributed by atoms with Crippen molar-refractivity contribution in [2.24, 2.45) is 0 Å². The van der Waals surface area contributed by atoms with Gasteiger partial charge >= 0.3 is 0 Å². The summed E-state index contributed by atoms with van der Waals surface area (Å²) in [5.74, 6) is -0.207. The minimum Gasteiger partial charge on any atom is -0.756 e. The molecule has 0 saturated carbocycles. The minimum absolute atomic E-state index is 0.00737. The van der Waals surface area contributed by atoms with Crippen LogP contribution < -0.4 is 10.2 Å². The number of carbonyl (C=O) groups excluding carboxylic acids is 1. The van der Waals surface area contributed by atoms with E-state index in [9.17, 15) is 19.4 Å². The van der Waals surface area contributed by atoms with Crippen LogP contribution in [0.5, 0.6) is 0 Å². The highest BCUT2D eigenvalue weighted by atomic mass is 31.2. The van der Waals surface area contributed by atoms with Gasteiger partial charge in [0.15, 0.2) is 0 Å². The average molecular weight is 994 g/mol. The van der Waals surface area contributed by atoms with Crippen LogP contribution in [0.2, 0.25) is 0 Å². The summed E-state index contributed by atoms with van der Waals surface area (Å²) in [5.41, 5.74) is 0. The lowest BCUT2D eigenvalue weighted by atomic mass is 10.0. The molecule has 0 aromatic rings. The topological polar surface area (TPSA) is 108 Å². The zero-order valence-electron chi connectivity index (χ0n) is 46.5. The average Bonchev–Trinajstić information content (AvgIpc) is 3.31. The number of aliphatic hydroxyl groups is 1. The number of phosphoric acid groups is 1. The Balaban J connectivity index is 4.22. The first-order valence-corrected chi connectivity index (χ1v) is 31.3. The molecule has 0 bridgehead atoms. The molecule has 8 nitrogen and oxygen atoms in total. The second-order valence-electron chi connectivity index (χ2n) is 21.7. The van der Waals surface area contributed by atoms with Gasteiger partial charge in [-0.05, 0) is 44.9 Å². The van der Waals surface area contributed by atoms with Gasteiger partial charge in [0.05, 0.1) is 39.9 Å². The second-order valence-corrected chi connectivity index (χ2v) is 23.1. The fourth-order valence-corrected chi connectivity index (χ4v) is 9.62. The van der Waals surface area contributed by atoms with E-state index < -0.39 is 26.6 Å².